The SMILES string of the molecule is CC1=C(Nc2cc3nc4c(n(-c5ccc(C)cc5)c-3c/c2=N\C2CC2)=CCCC=4)CCC=N1. The number of nitrogens with zero attached hydrogens (tertiary/aromatic N) is 4. The molecule has 5 nitrogen and oxygen atoms in total. The highest BCUT2D eigenvalue weighted by molar-refractivity contribution is 5.69. The van der Waals surface area contributed by atoms with Gasteiger partial charge in [0.05, 0.1) is 44.9 Å². The fraction of sp³-hybridized carbons (Fsp3) is 0.321. The topological polar surface area (TPSA) is 54.6 Å². The van der Waals surface area contributed by atoms with Crippen LogP contribution in [0.1, 0.15) is 51.0 Å². The van der Waals surface area contributed by atoms with Crippen LogP contribution in [0.4, 0.5) is 5.69 Å². The molecule has 1 aromatic carbocycles. The second-order valence-corrected chi connectivity index (χ2v) is 9.30. The molecule has 0 amide bonds. The van der Waals surface area contributed by atoms with E-state index < -0.39 is 0 Å². The summed E-state index contributed by atoms with van der Waals surface area (Å²) in [5.74, 6) is 0. The summed E-state index contributed by atoms with van der Waals surface area (Å²) in [5, 5.41) is 6.93. The van der Waals surface area contributed by atoms with Gasteiger partial charge in [-0.05, 0) is 76.6 Å². The lowest BCUT2D eigenvalue weighted by molar-refractivity contribution is 0.909. The Kier molecular flexibility index (Phi) is 4.97. The normalized spacial score (nSPS) is 18.2. The van der Waals surface area contributed by atoms with Crippen molar-refractivity contribution in [3.63, 3.8) is 0 Å². The Labute approximate surface area is 194 Å². The van der Waals surface area contributed by atoms with E-state index in [1.807, 2.05) is 6.21 Å². The molecule has 0 saturated heterocycles. The molecular formula is C28H29N5. The van der Waals surface area contributed by atoms with Gasteiger partial charge in [-0.25, -0.2) is 4.98 Å². The van der Waals surface area contributed by atoms with Gasteiger partial charge >= 0.3 is 0 Å². The molecule has 0 spiro atoms. The zero-order valence-corrected chi connectivity index (χ0v) is 19.3. The minimum absolute atomic E-state index is 0.431. The number of fused-ring (bicyclic) bond motifs is 2. The molecule has 1 fully saturated rings. The number of aryl methyl sites for hydroxylation is 1. The lowest BCUT2D eigenvalue weighted by Gasteiger charge is -2.21. The number of hydrogen-bond donors (Lipinski definition) is 1. The molecular weight excluding hydrogens is 406 g/mol. The van der Waals surface area contributed by atoms with Crippen LogP contribution in [0.2, 0.25) is 0 Å². The lowest BCUT2D eigenvalue weighted by Crippen LogP contribution is -2.40. The van der Waals surface area contributed by atoms with Gasteiger partial charge in [0, 0.05) is 17.6 Å². The Morgan fingerprint density at radius 2 is 1.82 bits per heavy atom. The highest BCUT2D eigenvalue weighted by Crippen LogP contribution is 2.27. The number of nitrogens with one attached hydrogen (secondary N) is 1. The Balaban J connectivity index is 1.63. The van der Waals surface area contributed by atoms with E-state index in [0.717, 1.165) is 64.8 Å². The average molecular weight is 436 g/mol. The number of hydrogen-bond acceptors (Lipinski definition) is 4. The van der Waals surface area contributed by atoms with Crippen molar-refractivity contribution < 1.29 is 0 Å². The summed E-state index contributed by atoms with van der Waals surface area (Å²) in [7, 11) is 0. The van der Waals surface area contributed by atoms with Crippen molar-refractivity contribution in [2.24, 2.45) is 9.98 Å². The second kappa shape index (κ2) is 8.14. The predicted molar refractivity (Wildman–Crippen MR) is 135 cm³/mol. The minimum Gasteiger partial charge on any atom is -0.356 e. The van der Waals surface area contributed by atoms with Crippen LogP contribution in [-0.2, 0) is 0 Å². The smallest absolute Gasteiger partial charge is 0.0900 e. The maximum absolute atomic E-state index is 5.09. The molecule has 2 aliphatic heterocycles. The van der Waals surface area contributed by atoms with Crippen LogP contribution in [0.5, 0.6) is 0 Å². The van der Waals surface area contributed by atoms with Gasteiger partial charge in [0.15, 0.2) is 0 Å². The average Bonchev–Trinajstić information content (AvgIpc) is 3.64. The molecule has 0 unspecified atom stereocenters. The van der Waals surface area contributed by atoms with E-state index in [9.17, 15) is 0 Å². The van der Waals surface area contributed by atoms with Gasteiger partial charge in [-0.15, -0.1) is 0 Å². The lowest BCUT2D eigenvalue weighted by atomic mass is 10.1. The summed E-state index contributed by atoms with van der Waals surface area (Å²) in [5.41, 5.74) is 7.76. The molecule has 1 aromatic rings. The number of aromatic nitrogens is 2. The first-order valence-corrected chi connectivity index (χ1v) is 12.0. The van der Waals surface area contributed by atoms with E-state index in [1.165, 1.54) is 29.5 Å². The van der Waals surface area contributed by atoms with Crippen LogP contribution < -0.4 is 21.4 Å². The van der Waals surface area contributed by atoms with E-state index in [-0.39, 0.29) is 0 Å². The van der Waals surface area contributed by atoms with Crippen LogP contribution in [0, 0.1) is 6.92 Å². The van der Waals surface area contributed by atoms with E-state index in [2.05, 4.69) is 77.3 Å². The number of benzene rings is 2. The number of rotatable bonds is 4. The Morgan fingerprint density at radius 1 is 1.00 bits per heavy atom. The molecule has 1 N–H and O–H groups in total. The van der Waals surface area contributed by atoms with Crippen molar-refractivity contribution in [3.05, 3.63) is 69.4 Å². The van der Waals surface area contributed by atoms with Gasteiger partial charge in [0.25, 0.3) is 0 Å². The first-order chi connectivity index (χ1) is 16.2. The van der Waals surface area contributed by atoms with Crippen molar-refractivity contribution in [1.82, 2.24) is 9.55 Å². The summed E-state index contributed by atoms with van der Waals surface area (Å²) in [6.07, 6.45) is 12.9. The maximum atomic E-state index is 5.09. The minimum atomic E-state index is 0.431. The first-order valence-electron chi connectivity index (χ1n) is 12.0. The zero-order valence-electron chi connectivity index (χ0n) is 19.3. The molecule has 0 atom stereocenters. The highest BCUT2D eigenvalue weighted by atomic mass is 15.0. The van der Waals surface area contributed by atoms with Gasteiger partial charge in [0.2, 0.25) is 0 Å². The van der Waals surface area contributed by atoms with E-state index in [4.69, 9.17) is 9.98 Å². The van der Waals surface area contributed by atoms with Crippen LogP contribution in [0.25, 0.3) is 29.2 Å². The van der Waals surface area contributed by atoms with Gasteiger partial charge in [0.1, 0.15) is 0 Å². The summed E-state index contributed by atoms with van der Waals surface area (Å²) in [4.78, 5) is 14.7. The second-order valence-electron chi connectivity index (χ2n) is 9.30. The highest BCUT2D eigenvalue weighted by Gasteiger charge is 2.22. The summed E-state index contributed by atoms with van der Waals surface area (Å²) in [6.45, 7) is 4.20. The van der Waals surface area contributed by atoms with Crippen LogP contribution in [-0.4, -0.2) is 21.8 Å². The standard InChI is InChI=1S/C28H29N5/c1-18-9-13-21(14-10-18)33-27-8-4-3-6-23(27)32-26-16-24(31-22-7-5-15-29-19(22)2)25(17-28(26)33)30-20-11-12-20/h6,8-10,13-17,20,31H,3-5,7,11-12H2,1-2H3/b30-25+. The van der Waals surface area contributed by atoms with Crippen LogP contribution in [0.3, 0.4) is 0 Å². The van der Waals surface area contributed by atoms with Crippen molar-refractivity contribution in [3.8, 4) is 17.1 Å². The van der Waals surface area contributed by atoms with Gasteiger partial charge < -0.3 is 9.88 Å². The zero-order chi connectivity index (χ0) is 22.4. The third kappa shape index (κ3) is 3.92. The Bertz CT molecular complexity index is 1450. The number of aliphatic imine (C=N–C) groups is 1. The molecule has 5 heteroatoms. The molecule has 3 aliphatic carbocycles. The molecule has 1 saturated carbocycles. The van der Waals surface area contributed by atoms with Gasteiger partial charge in [-0.1, -0.05) is 29.8 Å². The van der Waals surface area contributed by atoms with Crippen LogP contribution in [0.15, 0.2) is 57.8 Å². The van der Waals surface area contributed by atoms with E-state index in [0.29, 0.717) is 6.04 Å². The van der Waals surface area contributed by atoms with Crippen molar-refractivity contribution >= 4 is 24.1 Å². The first kappa shape index (κ1) is 20.2. The number of anilines is 1. The molecule has 2 heterocycles. The molecule has 33 heavy (non-hydrogen) atoms. The third-order valence-electron chi connectivity index (χ3n) is 6.61. The van der Waals surface area contributed by atoms with Crippen molar-refractivity contribution in [1.29, 1.82) is 0 Å². The van der Waals surface area contributed by atoms with Crippen molar-refractivity contribution in [2.75, 3.05) is 5.32 Å². The third-order valence-corrected chi connectivity index (χ3v) is 6.61. The molecule has 0 bridgehead atoms. The quantitative estimate of drug-likeness (QED) is 0.667. The van der Waals surface area contributed by atoms with Gasteiger partial charge in [-0.3, -0.25) is 9.98 Å². The summed E-state index contributed by atoms with van der Waals surface area (Å²) < 4.78 is 2.36. The molecule has 5 aliphatic rings. The van der Waals surface area contributed by atoms with Gasteiger partial charge in [-0.2, -0.15) is 0 Å². The van der Waals surface area contributed by atoms with E-state index >= 15 is 0 Å². The van der Waals surface area contributed by atoms with Crippen molar-refractivity contribution in [2.45, 2.75) is 58.4 Å². The number of allylic oxidation sites excluding steroid dienone is 2. The molecule has 6 rings (SSSR count). The Hall–Kier alpha value is -3.47. The Morgan fingerprint density at radius 3 is 2.61 bits per heavy atom. The fourth-order valence-electron chi connectivity index (χ4n) is 4.62. The monoisotopic (exact) mass is 435 g/mol. The van der Waals surface area contributed by atoms with E-state index in [1.54, 1.807) is 0 Å². The molecule has 0 aromatic heterocycles. The predicted octanol–water partition coefficient (Wildman–Crippen LogP) is 4.21. The summed E-state index contributed by atoms with van der Waals surface area (Å²) in [6, 6.07) is 13.6. The maximum Gasteiger partial charge on any atom is 0.0900 e. The summed E-state index contributed by atoms with van der Waals surface area (Å²) >= 11 is 0. The van der Waals surface area contributed by atoms with Crippen LogP contribution >= 0.6 is 0 Å². The largest absolute Gasteiger partial charge is 0.356 e. The molecule has 0 radical (unpaired) electrons. The fourth-order valence-corrected chi connectivity index (χ4v) is 4.62. The molecule has 166 valence electrons.